The molecule has 5 heteroatoms. The maximum absolute atomic E-state index is 12.4. The molecule has 1 aliphatic rings. The summed E-state index contributed by atoms with van der Waals surface area (Å²) in [6, 6.07) is 0.521. The molecule has 0 saturated heterocycles. The summed E-state index contributed by atoms with van der Waals surface area (Å²) in [6.45, 7) is 8.48. The van der Waals surface area contributed by atoms with Crippen LogP contribution in [-0.4, -0.2) is 22.5 Å². The van der Waals surface area contributed by atoms with Gasteiger partial charge >= 0.3 is 0 Å². The Bertz CT molecular complexity index is 490. The highest BCUT2D eigenvalue weighted by atomic mass is 32.1. The van der Waals surface area contributed by atoms with Gasteiger partial charge in [0.2, 0.25) is 0 Å². The van der Waals surface area contributed by atoms with E-state index < -0.39 is 0 Å². The fourth-order valence-electron chi connectivity index (χ4n) is 3.31. The number of hydrogen-bond donors (Lipinski definition) is 2. The Balaban J connectivity index is 1.91. The van der Waals surface area contributed by atoms with Gasteiger partial charge in [-0.2, -0.15) is 0 Å². The molecule has 1 aliphatic carbocycles. The largest absolute Gasteiger partial charge is 0.359 e. The van der Waals surface area contributed by atoms with Gasteiger partial charge in [0.15, 0.2) is 5.13 Å². The SMILES string of the molecule is CC(C)CC(C)(C)NC(=O)c1csc(NC2CCCCC2)n1. The number of nitrogens with one attached hydrogen (secondary N) is 2. The molecule has 2 rings (SSSR count). The van der Waals surface area contributed by atoms with Gasteiger partial charge in [0, 0.05) is 17.0 Å². The number of nitrogens with zero attached hydrogens (tertiary/aromatic N) is 1. The summed E-state index contributed by atoms with van der Waals surface area (Å²) >= 11 is 1.53. The summed E-state index contributed by atoms with van der Waals surface area (Å²) in [7, 11) is 0. The number of thiazole rings is 1. The number of carbonyl (C=O) groups is 1. The van der Waals surface area contributed by atoms with Gasteiger partial charge in [0.05, 0.1) is 0 Å². The van der Waals surface area contributed by atoms with E-state index in [2.05, 4.69) is 43.3 Å². The summed E-state index contributed by atoms with van der Waals surface area (Å²) < 4.78 is 0. The molecule has 0 spiro atoms. The van der Waals surface area contributed by atoms with Gasteiger partial charge < -0.3 is 10.6 Å². The predicted octanol–water partition coefficient (Wildman–Crippen LogP) is 4.44. The number of carbonyl (C=O) groups excluding carboxylic acids is 1. The van der Waals surface area contributed by atoms with Gasteiger partial charge in [-0.15, -0.1) is 11.3 Å². The molecule has 22 heavy (non-hydrogen) atoms. The predicted molar refractivity (Wildman–Crippen MR) is 93.6 cm³/mol. The molecule has 1 fully saturated rings. The monoisotopic (exact) mass is 323 g/mol. The van der Waals surface area contributed by atoms with Crippen molar-refractivity contribution in [1.82, 2.24) is 10.3 Å². The second-order valence-electron chi connectivity index (χ2n) is 7.45. The molecular weight excluding hydrogens is 294 g/mol. The molecular formula is C17H29N3OS. The second-order valence-corrected chi connectivity index (χ2v) is 8.31. The molecule has 0 aromatic carbocycles. The van der Waals surface area contributed by atoms with Crippen LogP contribution in [0.3, 0.4) is 0 Å². The van der Waals surface area contributed by atoms with Crippen molar-refractivity contribution in [3.8, 4) is 0 Å². The van der Waals surface area contributed by atoms with Crippen molar-refractivity contribution in [3.05, 3.63) is 11.1 Å². The topological polar surface area (TPSA) is 54.0 Å². The Kier molecular flexibility index (Phi) is 5.84. The molecule has 0 radical (unpaired) electrons. The summed E-state index contributed by atoms with van der Waals surface area (Å²) in [6.07, 6.45) is 7.30. The molecule has 0 unspecified atom stereocenters. The molecule has 2 N–H and O–H groups in total. The van der Waals surface area contributed by atoms with Crippen molar-refractivity contribution in [2.45, 2.75) is 77.8 Å². The summed E-state index contributed by atoms with van der Waals surface area (Å²) in [5, 5.41) is 9.30. The Morgan fingerprint density at radius 1 is 1.36 bits per heavy atom. The number of aromatic nitrogens is 1. The van der Waals surface area contributed by atoms with E-state index in [1.165, 1.54) is 43.4 Å². The van der Waals surface area contributed by atoms with Gasteiger partial charge in [0.25, 0.3) is 5.91 Å². The molecule has 1 amide bonds. The van der Waals surface area contributed by atoms with Crippen LogP contribution in [0.2, 0.25) is 0 Å². The maximum Gasteiger partial charge on any atom is 0.271 e. The quantitative estimate of drug-likeness (QED) is 0.813. The van der Waals surface area contributed by atoms with Crippen LogP contribution in [-0.2, 0) is 0 Å². The number of hydrogen-bond acceptors (Lipinski definition) is 4. The van der Waals surface area contributed by atoms with Crippen LogP contribution < -0.4 is 10.6 Å². The molecule has 1 aromatic heterocycles. The number of anilines is 1. The minimum absolute atomic E-state index is 0.0707. The summed E-state index contributed by atoms with van der Waals surface area (Å²) in [5.41, 5.74) is 0.325. The van der Waals surface area contributed by atoms with E-state index in [9.17, 15) is 4.79 Å². The van der Waals surface area contributed by atoms with Crippen molar-refractivity contribution in [1.29, 1.82) is 0 Å². The van der Waals surface area contributed by atoms with Gasteiger partial charge in [-0.3, -0.25) is 4.79 Å². The zero-order valence-corrected chi connectivity index (χ0v) is 15.1. The van der Waals surface area contributed by atoms with Crippen LogP contribution in [0.15, 0.2) is 5.38 Å². The third kappa shape index (κ3) is 5.27. The van der Waals surface area contributed by atoms with Gasteiger partial charge in [-0.25, -0.2) is 4.98 Å². The average molecular weight is 324 g/mol. The van der Waals surface area contributed by atoms with Crippen LogP contribution in [0, 0.1) is 5.92 Å². The van der Waals surface area contributed by atoms with Crippen molar-refractivity contribution in [3.63, 3.8) is 0 Å². The average Bonchev–Trinajstić information content (AvgIpc) is 2.86. The van der Waals surface area contributed by atoms with Crippen LogP contribution >= 0.6 is 11.3 Å². The minimum atomic E-state index is -0.203. The lowest BCUT2D eigenvalue weighted by atomic mass is 9.92. The van der Waals surface area contributed by atoms with Gasteiger partial charge in [0.1, 0.15) is 5.69 Å². The lowest BCUT2D eigenvalue weighted by Gasteiger charge is -2.27. The third-order valence-electron chi connectivity index (χ3n) is 4.04. The van der Waals surface area contributed by atoms with Crippen LogP contribution in [0.1, 0.15) is 76.7 Å². The van der Waals surface area contributed by atoms with E-state index in [0.717, 1.165) is 11.6 Å². The fourth-order valence-corrected chi connectivity index (χ4v) is 4.08. The minimum Gasteiger partial charge on any atom is -0.359 e. The van der Waals surface area contributed by atoms with E-state index in [1.54, 1.807) is 0 Å². The van der Waals surface area contributed by atoms with Crippen LogP contribution in [0.25, 0.3) is 0 Å². The maximum atomic E-state index is 12.4. The third-order valence-corrected chi connectivity index (χ3v) is 4.81. The van der Waals surface area contributed by atoms with Crippen molar-refractivity contribution in [2.75, 3.05) is 5.32 Å². The number of rotatable bonds is 6. The van der Waals surface area contributed by atoms with E-state index in [1.807, 2.05) is 5.38 Å². The zero-order chi connectivity index (χ0) is 16.2. The smallest absolute Gasteiger partial charge is 0.271 e. The summed E-state index contributed by atoms with van der Waals surface area (Å²) in [4.78, 5) is 16.8. The summed E-state index contributed by atoms with van der Waals surface area (Å²) in [5.74, 6) is 0.479. The van der Waals surface area contributed by atoms with Gasteiger partial charge in [-0.1, -0.05) is 33.1 Å². The van der Waals surface area contributed by atoms with E-state index in [4.69, 9.17) is 0 Å². The molecule has 124 valence electrons. The lowest BCUT2D eigenvalue weighted by Crippen LogP contribution is -2.44. The second kappa shape index (κ2) is 7.44. The van der Waals surface area contributed by atoms with E-state index in [0.29, 0.717) is 17.7 Å². The molecule has 0 atom stereocenters. The Morgan fingerprint density at radius 2 is 2.05 bits per heavy atom. The highest BCUT2D eigenvalue weighted by molar-refractivity contribution is 7.13. The van der Waals surface area contributed by atoms with Crippen LogP contribution in [0.4, 0.5) is 5.13 Å². The van der Waals surface area contributed by atoms with E-state index >= 15 is 0 Å². The van der Waals surface area contributed by atoms with Crippen molar-refractivity contribution < 1.29 is 4.79 Å². The Hall–Kier alpha value is -1.10. The van der Waals surface area contributed by atoms with Gasteiger partial charge in [-0.05, 0) is 39.0 Å². The van der Waals surface area contributed by atoms with E-state index in [-0.39, 0.29) is 11.4 Å². The first-order chi connectivity index (χ1) is 10.4. The fraction of sp³-hybridized carbons (Fsp3) is 0.765. The first-order valence-corrected chi connectivity index (χ1v) is 9.28. The standard InChI is InChI=1S/C17H29N3OS/c1-12(2)10-17(3,4)20-15(21)14-11-22-16(19-14)18-13-8-6-5-7-9-13/h11-13H,5-10H2,1-4H3,(H,18,19)(H,20,21). The lowest BCUT2D eigenvalue weighted by molar-refractivity contribution is 0.0899. The van der Waals surface area contributed by atoms with Crippen molar-refractivity contribution in [2.24, 2.45) is 5.92 Å². The molecule has 0 aliphatic heterocycles. The molecule has 1 aromatic rings. The van der Waals surface area contributed by atoms with Crippen LogP contribution in [0.5, 0.6) is 0 Å². The molecule has 0 bridgehead atoms. The normalized spacial score (nSPS) is 16.8. The Labute approximate surface area is 138 Å². The molecule has 1 saturated carbocycles. The van der Waals surface area contributed by atoms with Crippen molar-refractivity contribution >= 4 is 22.4 Å². The highest BCUT2D eigenvalue weighted by Gasteiger charge is 2.24. The number of amides is 1. The first-order valence-electron chi connectivity index (χ1n) is 8.40. The zero-order valence-electron chi connectivity index (χ0n) is 14.2. The Morgan fingerprint density at radius 3 is 2.68 bits per heavy atom. The molecule has 4 nitrogen and oxygen atoms in total. The molecule has 1 heterocycles. The first kappa shape index (κ1) is 17.3. The highest BCUT2D eigenvalue weighted by Crippen LogP contribution is 2.24.